The molecule has 1 saturated heterocycles. The first-order chi connectivity index (χ1) is 16.8. The maximum Gasteiger partial charge on any atom is 0.270 e. The molecule has 1 aliphatic heterocycles. The van der Waals surface area contributed by atoms with Crippen molar-refractivity contribution in [3.8, 4) is 17.3 Å². The number of hydrogen-bond donors (Lipinski definition) is 1. The smallest absolute Gasteiger partial charge is 0.270 e. The lowest BCUT2D eigenvalue weighted by molar-refractivity contribution is -0.123. The summed E-state index contributed by atoms with van der Waals surface area (Å²) < 4.78 is 15.9. The zero-order chi connectivity index (χ0) is 24.7. The Balaban J connectivity index is 1.33. The normalized spacial score (nSPS) is 19.6. The molecule has 35 heavy (non-hydrogen) atoms. The molecule has 9 heteroatoms. The van der Waals surface area contributed by atoms with E-state index >= 15 is 0 Å². The van der Waals surface area contributed by atoms with E-state index in [0.29, 0.717) is 41.2 Å². The number of nitriles is 1. The molecule has 3 heterocycles. The van der Waals surface area contributed by atoms with E-state index < -0.39 is 17.1 Å². The maximum atomic E-state index is 14.2. The zero-order valence-corrected chi connectivity index (χ0v) is 19.6. The van der Waals surface area contributed by atoms with Crippen LogP contribution in [0.4, 0.5) is 10.1 Å². The maximum absolute atomic E-state index is 14.2. The minimum atomic E-state index is -0.956. The first kappa shape index (κ1) is 22.7. The van der Waals surface area contributed by atoms with Crippen LogP contribution in [0.15, 0.2) is 42.6 Å². The molecule has 8 nitrogen and oxygen atoms in total. The number of pyridine rings is 1. The highest BCUT2D eigenvalue weighted by Crippen LogP contribution is 2.51. The summed E-state index contributed by atoms with van der Waals surface area (Å²) in [5, 5.41) is 16.8. The van der Waals surface area contributed by atoms with Gasteiger partial charge in [0.15, 0.2) is 0 Å². The molecule has 0 spiro atoms. The van der Waals surface area contributed by atoms with Gasteiger partial charge in [0.1, 0.15) is 16.9 Å². The van der Waals surface area contributed by atoms with Gasteiger partial charge in [-0.1, -0.05) is 0 Å². The third-order valence-electron chi connectivity index (χ3n) is 6.73. The van der Waals surface area contributed by atoms with Crippen molar-refractivity contribution in [2.24, 2.45) is 18.4 Å². The van der Waals surface area contributed by atoms with Gasteiger partial charge in [-0.15, -0.1) is 0 Å². The van der Waals surface area contributed by atoms with Crippen LogP contribution in [0.2, 0.25) is 0 Å². The molecule has 0 bridgehead atoms. The third kappa shape index (κ3) is 4.28. The Hall–Kier alpha value is -4.06. The molecule has 1 saturated carbocycles. The molecule has 0 unspecified atom stereocenters. The molecule has 3 aromatic rings. The molecule has 1 atom stereocenters. The van der Waals surface area contributed by atoms with Gasteiger partial charge in [-0.2, -0.15) is 10.4 Å². The number of halogens is 1. The van der Waals surface area contributed by atoms with Crippen molar-refractivity contribution in [3.05, 3.63) is 65.4 Å². The quantitative estimate of drug-likeness (QED) is 0.591. The summed E-state index contributed by atoms with van der Waals surface area (Å²) in [6.45, 7) is 2.29. The number of carbonyl (C=O) groups excluding carboxylic acids is 2. The Morgan fingerprint density at radius 2 is 2.09 bits per heavy atom. The largest absolute Gasteiger partial charge is 0.347 e. The molecule has 5 rings (SSSR count). The topological polar surface area (TPSA) is 104 Å². The van der Waals surface area contributed by atoms with Gasteiger partial charge in [0.2, 0.25) is 5.91 Å². The highest BCUT2D eigenvalue weighted by Gasteiger charge is 2.56. The standard InChI is InChI=1S/C26H25FN6O2/c1-16-9-21(33-8-6-26(15-28,25(33)35)19-3-4-19)13-23(30-16)24(34)29-14-17-10-18(12-20(27)11-17)22-5-7-32(2)31-22/h5,7,9-13,19H,3-4,6,8,14H2,1-2H3,(H,29,34)/t26-/m1/s1. The van der Waals surface area contributed by atoms with Crippen LogP contribution >= 0.6 is 0 Å². The molecule has 2 aliphatic rings. The van der Waals surface area contributed by atoms with Gasteiger partial charge in [0, 0.05) is 43.3 Å². The number of rotatable bonds is 6. The highest BCUT2D eigenvalue weighted by atomic mass is 19.1. The van der Waals surface area contributed by atoms with Crippen molar-refractivity contribution in [3.63, 3.8) is 0 Å². The molecule has 1 N–H and O–H groups in total. The van der Waals surface area contributed by atoms with Crippen LogP contribution in [-0.2, 0) is 18.4 Å². The fourth-order valence-corrected chi connectivity index (χ4v) is 4.80. The summed E-state index contributed by atoms with van der Waals surface area (Å²) in [7, 11) is 1.79. The number of carbonyl (C=O) groups is 2. The molecule has 1 aliphatic carbocycles. The Labute approximate surface area is 202 Å². The molecular formula is C26H25FN6O2. The van der Waals surface area contributed by atoms with Gasteiger partial charge in [-0.25, -0.2) is 9.37 Å². The van der Waals surface area contributed by atoms with Gasteiger partial charge in [-0.3, -0.25) is 14.3 Å². The van der Waals surface area contributed by atoms with E-state index in [9.17, 15) is 19.2 Å². The van der Waals surface area contributed by atoms with Gasteiger partial charge < -0.3 is 10.2 Å². The van der Waals surface area contributed by atoms with Crippen LogP contribution in [-0.4, -0.2) is 33.1 Å². The van der Waals surface area contributed by atoms with E-state index in [4.69, 9.17) is 0 Å². The Morgan fingerprint density at radius 3 is 2.77 bits per heavy atom. The summed E-state index contributed by atoms with van der Waals surface area (Å²) in [5.74, 6) is -0.921. The van der Waals surface area contributed by atoms with Crippen molar-refractivity contribution < 1.29 is 14.0 Å². The number of amides is 2. The minimum Gasteiger partial charge on any atom is -0.347 e. The Kier molecular flexibility index (Phi) is 5.59. The lowest BCUT2D eigenvalue weighted by Crippen LogP contribution is -2.35. The number of nitrogens with one attached hydrogen (secondary N) is 1. The first-order valence-electron chi connectivity index (χ1n) is 11.6. The summed E-state index contributed by atoms with van der Waals surface area (Å²) in [5.41, 5.74) is 2.20. The number of anilines is 1. The van der Waals surface area contributed by atoms with Crippen molar-refractivity contribution >= 4 is 17.5 Å². The van der Waals surface area contributed by atoms with Crippen molar-refractivity contribution in [2.45, 2.75) is 32.7 Å². The predicted molar refractivity (Wildman–Crippen MR) is 126 cm³/mol. The molecular weight excluding hydrogens is 447 g/mol. The average Bonchev–Trinajstić information content (AvgIpc) is 3.50. The SMILES string of the molecule is Cc1cc(N2CC[C@@](C#N)(C3CC3)C2=O)cc(C(=O)NCc2cc(F)cc(-c3ccn(C)n3)c2)n1. The highest BCUT2D eigenvalue weighted by molar-refractivity contribution is 6.03. The minimum absolute atomic E-state index is 0.100. The zero-order valence-electron chi connectivity index (χ0n) is 19.6. The molecule has 2 fully saturated rings. The summed E-state index contributed by atoms with van der Waals surface area (Å²) >= 11 is 0. The third-order valence-corrected chi connectivity index (χ3v) is 6.73. The summed E-state index contributed by atoms with van der Waals surface area (Å²) in [4.78, 5) is 32.0. The fourth-order valence-electron chi connectivity index (χ4n) is 4.80. The molecule has 2 aromatic heterocycles. The Bertz CT molecular complexity index is 1370. The number of aryl methyl sites for hydroxylation is 2. The van der Waals surface area contributed by atoms with Gasteiger partial charge in [0.25, 0.3) is 5.91 Å². The monoisotopic (exact) mass is 472 g/mol. The van der Waals surface area contributed by atoms with E-state index in [2.05, 4.69) is 21.5 Å². The van der Waals surface area contributed by atoms with Crippen LogP contribution in [0, 0.1) is 35.4 Å². The lowest BCUT2D eigenvalue weighted by Gasteiger charge is -2.21. The van der Waals surface area contributed by atoms with Crippen LogP contribution in [0.3, 0.4) is 0 Å². The number of hydrogen-bond acceptors (Lipinski definition) is 5. The second kappa shape index (κ2) is 8.62. The van der Waals surface area contributed by atoms with Crippen LogP contribution < -0.4 is 10.2 Å². The molecule has 1 aromatic carbocycles. The molecule has 0 radical (unpaired) electrons. The van der Waals surface area contributed by atoms with Crippen molar-refractivity contribution in [2.75, 3.05) is 11.4 Å². The fraction of sp³-hybridized carbons (Fsp3) is 0.346. The van der Waals surface area contributed by atoms with Crippen LogP contribution in [0.1, 0.15) is 41.0 Å². The second-order valence-corrected chi connectivity index (χ2v) is 9.32. The first-order valence-corrected chi connectivity index (χ1v) is 11.6. The van der Waals surface area contributed by atoms with Crippen LogP contribution in [0.5, 0.6) is 0 Å². The van der Waals surface area contributed by atoms with Gasteiger partial charge >= 0.3 is 0 Å². The summed E-state index contributed by atoms with van der Waals surface area (Å²) in [6, 6.07) is 11.9. The van der Waals surface area contributed by atoms with Gasteiger partial charge in [0.05, 0.1) is 11.8 Å². The average molecular weight is 473 g/mol. The number of aromatic nitrogens is 3. The second-order valence-electron chi connectivity index (χ2n) is 9.32. The van der Waals surface area contributed by atoms with Crippen LogP contribution in [0.25, 0.3) is 11.3 Å². The van der Waals surface area contributed by atoms with E-state index in [0.717, 1.165) is 12.8 Å². The van der Waals surface area contributed by atoms with Gasteiger partial charge in [-0.05, 0) is 74.1 Å². The Morgan fingerprint density at radius 1 is 1.29 bits per heavy atom. The number of nitrogens with zero attached hydrogens (tertiary/aromatic N) is 5. The van der Waals surface area contributed by atoms with Crippen molar-refractivity contribution in [1.29, 1.82) is 5.26 Å². The molecule has 2 amide bonds. The van der Waals surface area contributed by atoms with Crippen molar-refractivity contribution in [1.82, 2.24) is 20.1 Å². The van der Waals surface area contributed by atoms with E-state index in [1.807, 2.05) is 0 Å². The van der Waals surface area contributed by atoms with E-state index in [1.54, 1.807) is 54.0 Å². The molecule has 178 valence electrons. The number of benzene rings is 1. The van der Waals surface area contributed by atoms with E-state index in [1.165, 1.54) is 12.1 Å². The summed E-state index contributed by atoms with van der Waals surface area (Å²) in [6.07, 6.45) is 4.07. The van der Waals surface area contributed by atoms with E-state index in [-0.39, 0.29) is 24.1 Å². The predicted octanol–water partition coefficient (Wildman–Crippen LogP) is 3.52. The lowest BCUT2D eigenvalue weighted by atomic mass is 9.83.